The van der Waals surface area contributed by atoms with E-state index in [-0.39, 0.29) is 12.5 Å². The van der Waals surface area contributed by atoms with E-state index in [1.165, 1.54) is 0 Å². The molecule has 0 saturated heterocycles. The van der Waals surface area contributed by atoms with Gasteiger partial charge in [-0.2, -0.15) is 0 Å². The van der Waals surface area contributed by atoms with E-state index in [0.717, 1.165) is 24.4 Å². The third kappa shape index (κ3) is 10.1. The number of nitrogens with one attached hydrogen (secondary N) is 3. The van der Waals surface area contributed by atoms with Gasteiger partial charge in [-0.15, -0.1) is 0 Å². The lowest BCUT2D eigenvalue weighted by molar-refractivity contribution is -0.123. The Morgan fingerprint density at radius 3 is 2.52 bits per heavy atom. The minimum absolute atomic E-state index is 0.0369. The summed E-state index contributed by atoms with van der Waals surface area (Å²) >= 11 is 0. The number of hydrogen-bond acceptors (Lipinski definition) is 4. The van der Waals surface area contributed by atoms with Crippen molar-refractivity contribution < 1.29 is 14.3 Å². The molecule has 1 rings (SSSR count). The first-order valence-corrected chi connectivity index (χ1v) is 10.2. The first-order chi connectivity index (χ1) is 13.7. The fraction of sp³-hybridized carbons (Fsp3) is 0.636. The van der Waals surface area contributed by atoms with Crippen molar-refractivity contribution in [2.24, 2.45) is 10.4 Å². The van der Waals surface area contributed by atoms with Gasteiger partial charge in [0.25, 0.3) is 5.91 Å². The van der Waals surface area contributed by atoms with Gasteiger partial charge in [0, 0.05) is 26.2 Å². The van der Waals surface area contributed by atoms with E-state index in [1.54, 1.807) is 14.2 Å². The first kappa shape index (κ1) is 24.6. The van der Waals surface area contributed by atoms with Gasteiger partial charge in [-0.1, -0.05) is 26.8 Å². The SMILES string of the molecule is CCNC(=O)COc1ccc(CNC(=NC)NC(C)CCC(C)(C)C)cc1OC. The third-order valence-corrected chi connectivity index (χ3v) is 4.35. The molecular formula is C22H38N4O3. The number of guanidine groups is 1. The summed E-state index contributed by atoms with van der Waals surface area (Å²) in [5, 5.41) is 9.46. The average molecular weight is 407 g/mol. The summed E-state index contributed by atoms with van der Waals surface area (Å²) in [6.45, 7) is 11.9. The number of carbonyl (C=O) groups is 1. The van der Waals surface area contributed by atoms with Gasteiger partial charge in [0.1, 0.15) is 0 Å². The number of rotatable bonds is 10. The molecule has 3 N–H and O–H groups in total. The van der Waals surface area contributed by atoms with Crippen molar-refractivity contribution in [1.82, 2.24) is 16.0 Å². The number of carbonyl (C=O) groups excluding carboxylic acids is 1. The third-order valence-electron chi connectivity index (χ3n) is 4.35. The molecule has 1 aromatic rings. The van der Waals surface area contributed by atoms with Crippen molar-refractivity contribution in [3.8, 4) is 11.5 Å². The fourth-order valence-corrected chi connectivity index (χ4v) is 2.67. The van der Waals surface area contributed by atoms with Crippen molar-refractivity contribution in [2.75, 3.05) is 27.3 Å². The molecule has 0 saturated carbocycles. The molecule has 0 spiro atoms. The predicted molar refractivity (Wildman–Crippen MR) is 119 cm³/mol. The number of methoxy groups -OCH3 is 1. The van der Waals surface area contributed by atoms with Gasteiger partial charge in [-0.05, 0) is 49.8 Å². The van der Waals surface area contributed by atoms with E-state index in [0.29, 0.717) is 36.0 Å². The molecule has 0 bridgehead atoms. The maximum absolute atomic E-state index is 11.6. The normalized spacial score (nSPS) is 12.9. The van der Waals surface area contributed by atoms with E-state index in [9.17, 15) is 4.79 Å². The van der Waals surface area contributed by atoms with Crippen LogP contribution >= 0.6 is 0 Å². The van der Waals surface area contributed by atoms with E-state index in [4.69, 9.17) is 9.47 Å². The zero-order chi connectivity index (χ0) is 21.9. The number of nitrogens with zero attached hydrogens (tertiary/aromatic N) is 1. The number of amides is 1. The molecule has 29 heavy (non-hydrogen) atoms. The maximum Gasteiger partial charge on any atom is 0.257 e. The summed E-state index contributed by atoms with van der Waals surface area (Å²) in [5.74, 6) is 1.74. The van der Waals surface area contributed by atoms with Gasteiger partial charge < -0.3 is 25.4 Å². The topological polar surface area (TPSA) is 84.0 Å². The van der Waals surface area contributed by atoms with Crippen LogP contribution in [0.4, 0.5) is 0 Å². The summed E-state index contributed by atoms with van der Waals surface area (Å²) in [6.07, 6.45) is 2.22. The largest absolute Gasteiger partial charge is 0.493 e. The molecule has 164 valence electrons. The summed E-state index contributed by atoms with van der Waals surface area (Å²) < 4.78 is 11.0. The van der Waals surface area contributed by atoms with E-state index in [2.05, 4.69) is 48.6 Å². The second kappa shape index (κ2) is 12.2. The van der Waals surface area contributed by atoms with Gasteiger partial charge in [0.2, 0.25) is 0 Å². The van der Waals surface area contributed by atoms with Crippen molar-refractivity contribution in [1.29, 1.82) is 0 Å². The summed E-state index contributed by atoms with van der Waals surface area (Å²) in [4.78, 5) is 15.9. The standard InChI is InChI=1S/C22H38N4O3/c1-8-24-20(27)15-29-18-10-9-17(13-19(18)28-7)14-25-21(23-6)26-16(2)11-12-22(3,4)5/h9-10,13,16H,8,11-12,14-15H2,1-7H3,(H,24,27)(H2,23,25,26). The minimum Gasteiger partial charge on any atom is -0.493 e. The van der Waals surface area contributed by atoms with Gasteiger partial charge >= 0.3 is 0 Å². The monoisotopic (exact) mass is 406 g/mol. The maximum atomic E-state index is 11.6. The number of hydrogen-bond donors (Lipinski definition) is 3. The highest BCUT2D eigenvalue weighted by molar-refractivity contribution is 5.80. The van der Waals surface area contributed by atoms with Crippen LogP contribution in [-0.4, -0.2) is 45.2 Å². The van der Waals surface area contributed by atoms with Gasteiger partial charge in [-0.3, -0.25) is 9.79 Å². The Kier molecular flexibility index (Phi) is 10.3. The minimum atomic E-state index is -0.157. The number of likely N-dealkylation sites (N-methyl/N-ethyl adjacent to an activating group) is 1. The van der Waals surface area contributed by atoms with Crippen LogP contribution in [0.1, 0.15) is 53.0 Å². The lowest BCUT2D eigenvalue weighted by Gasteiger charge is -2.23. The summed E-state index contributed by atoms with van der Waals surface area (Å²) in [7, 11) is 3.35. The average Bonchev–Trinajstić information content (AvgIpc) is 2.67. The van der Waals surface area contributed by atoms with Gasteiger partial charge in [0.15, 0.2) is 24.1 Å². The van der Waals surface area contributed by atoms with Crippen molar-refractivity contribution in [3.05, 3.63) is 23.8 Å². The van der Waals surface area contributed by atoms with Crippen molar-refractivity contribution in [2.45, 2.75) is 60.0 Å². The zero-order valence-electron chi connectivity index (χ0n) is 19.0. The highest BCUT2D eigenvalue weighted by Gasteiger charge is 2.14. The van der Waals surface area contributed by atoms with Crippen LogP contribution in [-0.2, 0) is 11.3 Å². The molecule has 1 atom stereocenters. The molecule has 0 radical (unpaired) electrons. The first-order valence-electron chi connectivity index (χ1n) is 10.2. The Bertz CT molecular complexity index is 669. The van der Waals surface area contributed by atoms with Crippen LogP contribution in [0.15, 0.2) is 23.2 Å². The Morgan fingerprint density at radius 2 is 1.93 bits per heavy atom. The van der Waals surface area contributed by atoms with Crippen molar-refractivity contribution >= 4 is 11.9 Å². The smallest absolute Gasteiger partial charge is 0.257 e. The molecule has 1 amide bonds. The highest BCUT2D eigenvalue weighted by Crippen LogP contribution is 2.28. The predicted octanol–water partition coefficient (Wildman–Crippen LogP) is 3.09. The lowest BCUT2D eigenvalue weighted by Crippen LogP contribution is -2.42. The Morgan fingerprint density at radius 1 is 1.21 bits per heavy atom. The highest BCUT2D eigenvalue weighted by atomic mass is 16.5. The molecular weight excluding hydrogens is 368 g/mol. The Labute approximate surface area is 175 Å². The fourth-order valence-electron chi connectivity index (χ4n) is 2.67. The van der Waals surface area contributed by atoms with Crippen LogP contribution in [0.2, 0.25) is 0 Å². The van der Waals surface area contributed by atoms with Crippen LogP contribution in [0.3, 0.4) is 0 Å². The van der Waals surface area contributed by atoms with Gasteiger partial charge in [-0.25, -0.2) is 0 Å². The molecule has 7 heteroatoms. The molecule has 0 aliphatic heterocycles. The molecule has 1 unspecified atom stereocenters. The molecule has 0 fully saturated rings. The van der Waals surface area contributed by atoms with Crippen LogP contribution in [0.5, 0.6) is 11.5 Å². The Balaban J connectivity index is 2.60. The summed E-state index contributed by atoms with van der Waals surface area (Å²) in [6, 6.07) is 5.99. The number of ether oxygens (including phenoxy) is 2. The quantitative estimate of drug-likeness (QED) is 0.411. The van der Waals surface area contributed by atoms with Crippen LogP contribution in [0, 0.1) is 5.41 Å². The van der Waals surface area contributed by atoms with E-state index >= 15 is 0 Å². The lowest BCUT2D eigenvalue weighted by atomic mass is 9.89. The van der Waals surface area contributed by atoms with E-state index < -0.39 is 0 Å². The molecule has 0 aliphatic carbocycles. The second-order valence-electron chi connectivity index (χ2n) is 8.30. The van der Waals surface area contributed by atoms with E-state index in [1.807, 2.05) is 25.1 Å². The zero-order valence-corrected chi connectivity index (χ0v) is 19.0. The molecule has 0 aliphatic rings. The van der Waals surface area contributed by atoms with Crippen LogP contribution < -0.4 is 25.4 Å². The molecule has 7 nitrogen and oxygen atoms in total. The summed E-state index contributed by atoms with van der Waals surface area (Å²) in [5.41, 5.74) is 1.35. The molecule has 0 heterocycles. The second-order valence-corrected chi connectivity index (χ2v) is 8.30. The Hall–Kier alpha value is -2.44. The van der Waals surface area contributed by atoms with Crippen molar-refractivity contribution in [3.63, 3.8) is 0 Å². The number of benzene rings is 1. The number of aliphatic imine (C=N–C) groups is 1. The molecule has 0 aromatic heterocycles. The van der Waals surface area contributed by atoms with Crippen LogP contribution in [0.25, 0.3) is 0 Å². The van der Waals surface area contributed by atoms with Gasteiger partial charge in [0.05, 0.1) is 7.11 Å². The molecule has 1 aromatic carbocycles.